The highest BCUT2D eigenvalue weighted by Gasteiger charge is 2.42. The highest BCUT2D eigenvalue weighted by atomic mass is 19.1. The predicted molar refractivity (Wildman–Crippen MR) is 53.5 cm³/mol. The first kappa shape index (κ1) is 9.88. The molecule has 0 spiro atoms. The minimum Gasteiger partial charge on any atom is -0.247 e. The molecule has 0 radical (unpaired) electrons. The van der Waals surface area contributed by atoms with Gasteiger partial charge in [-0.25, -0.2) is 8.78 Å². The number of rotatable bonds is 1. The Kier molecular flexibility index (Phi) is 2.46. The number of alkyl halides is 2. The van der Waals surface area contributed by atoms with Gasteiger partial charge in [-0.1, -0.05) is 24.3 Å². The largest absolute Gasteiger partial charge is 0.247 e. The number of hydrogen-bond donors (Lipinski definition) is 0. The molecule has 2 fully saturated rings. The maximum Gasteiger partial charge on any atom is 0.107 e. The molecule has 4 atom stereocenters. The second-order valence-electron chi connectivity index (χ2n) is 4.68. The van der Waals surface area contributed by atoms with Crippen molar-refractivity contribution in [2.75, 3.05) is 0 Å². The van der Waals surface area contributed by atoms with E-state index in [1.807, 2.05) is 0 Å². The van der Waals surface area contributed by atoms with Crippen LogP contribution in [0.15, 0.2) is 24.3 Å². The van der Waals surface area contributed by atoms with Crippen molar-refractivity contribution in [3.05, 3.63) is 24.3 Å². The van der Waals surface area contributed by atoms with E-state index in [2.05, 4.69) is 13.2 Å². The molecular weight excluding hydrogens is 182 g/mol. The van der Waals surface area contributed by atoms with Gasteiger partial charge in [-0.2, -0.15) is 0 Å². The van der Waals surface area contributed by atoms with Gasteiger partial charge < -0.3 is 0 Å². The zero-order chi connectivity index (χ0) is 10.3. The molecule has 0 aromatic heterocycles. The Morgan fingerprint density at radius 3 is 1.36 bits per heavy atom. The molecule has 0 saturated heterocycles. The summed E-state index contributed by atoms with van der Waals surface area (Å²) < 4.78 is 27.1. The van der Waals surface area contributed by atoms with Crippen molar-refractivity contribution in [2.45, 2.75) is 38.0 Å². The fourth-order valence-corrected chi connectivity index (χ4v) is 2.78. The van der Waals surface area contributed by atoms with Crippen molar-refractivity contribution in [3.8, 4) is 0 Å². The molecule has 14 heavy (non-hydrogen) atoms. The lowest BCUT2D eigenvalue weighted by Gasteiger charge is -2.21. The van der Waals surface area contributed by atoms with Gasteiger partial charge in [0.1, 0.15) is 12.3 Å². The van der Waals surface area contributed by atoms with Gasteiger partial charge in [0, 0.05) is 0 Å². The smallest absolute Gasteiger partial charge is 0.107 e. The molecule has 2 aliphatic rings. The minimum atomic E-state index is -0.878. The van der Waals surface area contributed by atoms with Crippen molar-refractivity contribution in [1.82, 2.24) is 0 Å². The fourth-order valence-electron chi connectivity index (χ4n) is 2.78. The first-order valence-corrected chi connectivity index (χ1v) is 5.19. The molecule has 0 amide bonds. The van der Waals surface area contributed by atoms with Crippen molar-refractivity contribution >= 4 is 0 Å². The number of hydrogen-bond acceptors (Lipinski definition) is 0. The quantitative estimate of drug-likeness (QED) is 0.565. The van der Waals surface area contributed by atoms with Crippen LogP contribution in [0.2, 0.25) is 0 Å². The Morgan fingerprint density at radius 2 is 1.14 bits per heavy atom. The normalized spacial score (nSPS) is 43.6. The Bertz CT molecular complexity index is 241. The lowest BCUT2D eigenvalue weighted by molar-refractivity contribution is 0.137. The lowest BCUT2D eigenvalue weighted by atomic mass is 9.87. The van der Waals surface area contributed by atoms with Gasteiger partial charge in [0.05, 0.1) is 0 Å². The van der Waals surface area contributed by atoms with Crippen LogP contribution in [0.1, 0.15) is 25.7 Å². The Hall–Kier alpha value is -0.660. The standard InChI is InChI=1S/C12H16F2/c1-7-3-9(11(13)5-7)10-4-8(2)6-12(10)14/h9-12H,1-6H2. The van der Waals surface area contributed by atoms with E-state index in [0.29, 0.717) is 25.7 Å². The molecule has 2 rings (SSSR count). The molecule has 2 saturated carbocycles. The van der Waals surface area contributed by atoms with Gasteiger partial charge in [0.15, 0.2) is 0 Å². The Morgan fingerprint density at radius 1 is 0.786 bits per heavy atom. The highest BCUT2D eigenvalue weighted by Crippen LogP contribution is 2.45. The van der Waals surface area contributed by atoms with Gasteiger partial charge >= 0.3 is 0 Å². The summed E-state index contributed by atoms with van der Waals surface area (Å²) in [6.45, 7) is 7.57. The SMILES string of the molecule is C=C1CC(F)C(C2CC(=C)CC2F)C1. The second-order valence-corrected chi connectivity index (χ2v) is 4.68. The summed E-state index contributed by atoms with van der Waals surface area (Å²) in [5.41, 5.74) is 1.87. The van der Waals surface area contributed by atoms with Crippen LogP contribution >= 0.6 is 0 Å². The summed E-state index contributed by atoms with van der Waals surface area (Å²) in [6.07, 6.45) is 0.438. The van der Waals surface area contributed by atoms with Crippen LogP contribution in [-0.4, -0.2) is 12.3 Å². The third-order valence-electron chi connectivity index (χ3n) is 3.50. The third kappa shape index (κ3) is 1.62. The zero-order valence-corrected chi connectivity index (χ0v) is 8.31. The maximum absolute atomic E-state index is 13.5. The summed E-state index contributed by atoms with van der Waals surface area (Å²) in [4.78, 5) is 0. The van der Waals surface area contributed by atoms with E-state index in [0.717, 1.165) is 11.1 Å². The van der Waals surface area contributed by atoms with E-state index in [9.17, 15) is 8.78 Å². The van der Waals surface area contributed by atoms with E-state index in [1.54, 1.807) is 0 Å². The molecule has 0 heterocycles. The molecule has 78 valence electrons. The zero-order valence-electron chi connectivity index (χ0n) is 8.31. The molecule has 0 aromatic rings. The molecular formula is C12H16F2. The first-order chi connectivity index (χ1) is 6.58. The average molecular weight is 198 g/mol. The van der Waals surface area contributed by atoms with Crippen molar-refractivity contribution in [3.63, 3.8) is 0 Å². The molecule has 0 N–H and O–H groups in total. The van der Waals surface area contributed by atoms with Crippen LogP contribution < -0.4 is 0 Å². The van der Waals surface area contributed by atoms with Crippen LogP contribution in [0.5, 0.6) is 0 Å². The van der Waals surface area contributed by atoms with Gasteiger partial charge in [0.2, 0.25) is 0 Å². The Balaban J connectivity index is 2.08. The average Bonchev–Trinajstić information content (AvgIpc) is 2.55. The predicted octanol–water partition coefficient (Wildman–Crippen LogP) is 3.60. The molecule has 0 bridgehead atoms. The summed E-state index contributed by atoms with van der Waals surface area (Å²) in [5, 5.41) is 0. The molecule has 0 aromatic carbocycles. The minimum absolute atomic E-state index is 0.142. The van der Waals surface area contributed by atoms with Crippen LogP contribution in [0, 0.1) is 11.8 Å². The second kappa shape index (κ2) is 3.48. The number of halogens is 2. The van der Waals surface area contributed by atoms with E-state index >= 15 is 0 Å². The summed E-state index contributed by atoms with van der Waals surface area (Å²) in [6, 6.07) is 0. The van der Waals surface area contributed by atoms with Gasteiger partial charge in [-0.15, -0.1) is 0 Å². The van der Waals surface area contributed by atoms with Gasteiger partial charge in [0.25, 0.3) is 0 Å². The van der Waals surface area contributed by atoms with Crippen LogP contribution in [0.4, 0.5) is 8.78 Å². The lowest BCUT2D eigenvalue weighted by Crippen LogP contribution is -2.23. The van der Waals surface area contributed by atoms with Crippen molar-refractivity contribution in [1.29, 1.82) is 0 Å². The monoisotopic (exact) mass is 198 g/mol. The van der Waals surface area contributed by atoms with E-state index < -0.39 is 12.3 Å². The highest BCUT2D eigenvalue weighted by molar-refractivity contribution is 5.14. The van der Waals surface area contributed by atoms with Crippen molar-refractivity contribution in [2.24, 2.45) is 11.8 Å². The topological polar surface area (TPSA) is 0 Å². The third-order valence-corrected chi connectivity index (χ3v) is 3.50. The van der Waals surface area contributed by atoms with Crippen LogP contribution in [0.3, 0.4) is 0 Å². The van der Waals surface area contributed by atoms with Gasteiger partial charge in [-0.05, 0) is 37.5 Å². The molecule has 0 aliphatic heterocycles. The first-order valence-electron chi connectivity index (χ1n) is 5.19. The van der Waals surface area contributed by atoms with Crippen LogP contribution in [-0.2, 0) is 0 Å². The summed E-state index contributed by atoms with van der Waals surface area (Å²) in [7, 11) is 0. The maximum atomic E-state index is 13.5. The van der Waals surface area contributed by atoms with E-state index in [4.69, 9.17) is 0 Å². The van der Waals surface area contributed by atoms with Gasteiger partial charge in [-0.3, -0.25) is 0 Å². The van der Waals surface area contributed by atoms with E-state index in [1.165, 1.54) is 0 Å². The molecule has 4 unspecified atom stereocenters. The Labute approximate surface area is 83.7 Å². The number of allylic oxidation sites excluding steroid dienone is 2. The van der Waals surface area contributed by atoms with E-state index in [-0.39, 0.29) is 11.8 Å². The van der Waals surface area contributed by atoms with Crippen LogP contribution in [0.25, 0.3) is 0 Å². The molecule has 0 nitrogen and oxygen atoms in total. The van der Waals surface area contributed by atoms with Crippen molar-refractivity contribution < 1.29 is 8.78 Å². The fraction of sp³-hybridized carbons (Fsp3) is 0.667. The molecule has 2 heteroatoms. The summed E-state index contributed by atoms with van der Waals surface area (Å²) >= 11 is 0. The summed E-state index contributed by atoms with van der Waals surface area (Å²) in [5.74, 6) is -0.284. The molecule has 2 aliphatic carbocycles.